The minimum Gasteiger partial charge on any atom is -0.465 e. The van der Waals surface area contributed by atoms with Crippen molar-refractivity contribution in [3.05, 3.63) is 42.5 Å². The second-order valence-electron chi connectivity index (χ2n) is 4.12. The van der Waals surface area contributed by atoms with Gasteiger partial charge in [0.05, 0.1) is 17.1 Å². The van der Waals surface area contributed by atoms with Gasteiger partial charge in [0.25, 0.3) is 0 Å². The van der Waals surface area contributed by atoms with Crippen molar-refractivity contribution in [3.8, 4) is 11.1 Å². The number of H-pyrrole nitrogens is 1. The second kappa shape index (κ2) is 4.61. The van der Waals surface area contributed by atoms with Gasteiger partial charge in [-0.05, 0) is 24.3 Å². The molecule has 2 heterocycles. The van der Waals surface area contributed by atoms with E-state index < -0.39 is 11.9 Å². The van der Waals surface area contributed by atoms with Crippen molar-refractivity contribution in [3.63, 3.8) is 0 Å². The summed E-state index contributed by atoms with van der Waals surface area (Å²) in [5, 5.41) is 17.6. The maximum absolute atomic E-state index is 14.3. The van der Waals surface area contributed by atoms with Crippen LogP contribution in [-0.2, 0) is 0 Å². The average molecular weight is 272 g/mol. The van der Waals surface area contributed by atoms with Crippen molar-refractivity contribution in [2.24, 2.45) is 0 Å². The molecule has 1 aromatic carbocycles. The molecule has 2 aromatic heterocycles. The van der Waals surface area contributed by atoms with Gasteiger partial charge >= 0.3 is 6.09 Å². The number of anilines is 1. The lowest BCUT2D eigenvalue weighted by molar-refractivity contribution is 0.209. The molecule has 0 aliphatic carbocycles. The first-order chi connectivity index (χ1) is 9.65. The SMILES string of the molecule is O=C(O)Nc1ccc(-c2ccc3[nH]ncc3c2F)cn1. The Bertz CT molecular complexity index is 783. The van der Waals surface area contributed by atoms with Crippen molar-refractivity contribution < 1.29 is 14.3 Å². The third-order valence-corrected chi connectivity index (χ3v) is 2.87. The van der Waals surface area contributed by atoms with Crippen LogP contribution in [0.5, 0.6) is 0 Å². The van der Waals surface area contributed by atoms with Crippen LogP contribution in [0.3, 0.4) is 0 Å². The van der Waals surface area contributed by atoms with Gasteiger partial charge in [-0.25, -0.2) is 14.2 Å². The number of carboxylic acid groups (broad SMARTS) is 1. The number of hydrogen-bond donors (Lipinski definition) is 3. The van der Waals surface area contributed by atoms with E-state index in [0.29, 0.717) is 22.0 Å². The monoisotopic (exact) mass is 272 g/mol. The van der Waals surface area contributed by atoms with Crippen LogP contribution >= 0.6 is 0 Å². The lowest BCUT2D eigenvalue weighted by Crippen LogP contribution is -2.08. The number of aromatic amines is 1. The zero-order valence-corrected chi connectivity index (χ0v) is 10.1. The first-order valence-electron chi connectivity index (χ1n) is 5.73. The van der Waals surface area contributed by atoms with E-state index in [2.05, 4.69) is 20.5 Å². The summed E-state index contributed by atoms with van der Waals surface area (Å²) in [5.74, 6) is -0.206. The third kappa shape index (κ3) is 2.05. The van der Waals surface area contributed by atoms with Gasteiger partial charge in [0.2, 0.25) is 0 Å². The van der Waals surface area contributed by atoms with Crippen LogP contribution in [0.25, 0.3) is 22.0 Å². The van der Waals surface area contributed by atoms with Gasteiger partial charge in [-0.3, -0.25) is 10.4 Å². The van der Waals surface area contributed by atoms with Crippen LogP contribution in [0.15, 0.2) is 36.7 Å². The Labute approximate surface area is 112 Å². The van der Waals surface area contributed by atoms with Gasteiger partial charge < -0.3 is 5.11 Å². The predicted molar refractivity (Wildman–Crippen MR) is 70.9 cm³/mol. The summed E-state index contributed by atoms with van der Waals surface area (Å²) in [4.78, 5) is 14.4. The predicted octanol–water partition coefficient (Wildman–Crippen LogP) is 2.85. The number of pyridine rings is 1. The Hall–Kier alpha value is -2.96. The molecule has 3 rings (SSSR count). The average Bonchev–Trinajstić information content (AvgIpc) is 2.89. The zero-order chi connectivity index (χ0) is 14.1. The van der Waals surface area contributed by atoms with E-state index in [9.17, 15) is 9.18 Å². The van der Waals surface area contributed by atoms with Crippen LogP contribution in [0, 0.1) is 5.82 Å². The van der Waals surface area contributed by atoms with E-state index in [-0.39, 0.29) is 5.82 Å². The lowest BCUT2D eigenvalue weighted by atomic mass is 10.1. The molecule has 0 atom stereocenters. The molecule has 100 valence electrons. The molecule has 3 aromatic rings. The smallest absolute Gasteiger partial charge is 0.410 e. The van der Waals surface area contributed by atoms with Gasteiger partial charge in [0.1, 0.15) is 11.6 Å². The standard InChI is InChI=1S/C13H9FN4O2/c14-12-8(2-3-10-9(12)6-16-18-10)7-1-4-11(15-5-7)17-13(19)20/h1-6H,(H,15,17)(H,16,18)(H,19,20). The number of amides is 1. The summed E-state index contributed by atoms with van der Waals surface area (Å²) in [6.07, 6.45) is 1.63. The Kier molecular flexibility index (Phi) is 2.79. The normalized spacial score (nSPS) is 10.7. The first-order valence-corrected chi connectivity index (χ1v) is 5.73. The number of nitrogens with zero attached hydrogens (tertiary/aromatic N) is 2. The molecular formula is C13H9FN4O2. The topological polar surface area (TPSA) is 90.9 Å². The highest BCUT2D eigenvalue weighted by atomic mass is 19.1. The van der Waals surface area contributed by atoms with Crippen molar-refractivity contribution in [1.82, 2.24) is 15.2 Å². The van der Waals surface area contributed by atoms with Gasteiger partial charge in [0, 0.05) is 17.3 Å². The number of rotatable bonds is 2. The largest absolute Gasteiger partial charge is 0.465 e. The highest BCUT2D eigenvalue weighted by molar-refractivity contribution is 5.85. The Morgan fingerprint density at radius 3 is 2.80 bits per heavy atom. The lowest BCUT2D eigenvalue weighted by Gasteiger charge is -2.05. The van der Waals surface area contributed by atoms with Crippen LogP contribution in [-0.4, -0.2) is 26.4 Å². The van der Waals surface area contributed by atoms with Crippen molar-refractivity contribution >= 4 is 22.8 Å². The summed E-state index contributed by atoms with van der Waals surface area (Å²) in [7, 11) is 0. The zero-order valence-electron chi connectivity index (χ0n) is 10.1. The second-order valence-corrected chi connectivity index (χ2v) is 4.12. The molecule has 7 heteroatoms. The summed E-state index contributed by atoms with van der Waals surface area (Å²) in [6, 6.07) is 6.42. The number of hydrogen-bond acceptors (Lipinski definition) is 3. The number of benzene rings is 1. The number of fused-ring (bicyclic) bond motifs is 1. The minimum absolute atomic E-state index is 0.186. The summed E-state index contributed by atoms with van der Waals surface area (Å²) >= 11 is 0. The van der Waals surface area contributed by atoms with Crippen LogP contribution in [0.1, 0.15) is 0 Å². The highest BCUT2D eigenvalue weighted by Gasteiger charge is 2.11. The fourth-order valence-electron chi connectivity index (χ4n) is 1.94. The first kappa shape index (κ1) is 12.1. The Morgan fingerprint density at radius 1 is 1.25 bits per heavy atom. The molecule has 0 radical (unpaired) electrons. The van der Waals surface area contributed by atoms with Gasteiger partial charge in [-0.2, -0.15) is 5.10 Å². The van der Waals surface area contributed by atoms with Crippen molar-refractivity contribution in [2.45, 2.75) is 0 Å². The molecule has 0 unspecified atom stereocenters. The maximum atomic E-state index is 14.3. The number of halogens is 1. The molecule has 1 amide bonds. The molecule has 0 saturated carbocycles. The van der Waals surface area contributed by atoms with E-state index in [1.165, 1.54) is 18.5 Å². The van der Waals surface area contributed by atoms with Gasteiger partial charge in [0.15, 0.2) is 0 Å². The van der Waals surface area contributed by atoms with E-state index in [1.807, 2.05) is 0 Å². The highest BCUT2D eigenvalue weighted by Crippen LogP contribution is 2.27. The summed E-state index contributed by atoms with van der Waals surface area (Å²) in [6.45, 7) is 0. The molecule has 0 aliphatic heterocycles. The molecule has 20 heavy (non-hydrogen) atoms. The molecule has 6 nitrogen and oxygen atoms in total. The Balaban J connectivity index is 2.02. The van der Waals surface area contributed by atoms with E-state index in [0.717, 1.165) is 0 Å². The van der Waals surface area contributed by atoms with Crippen LogP contribution < -0.4 is 5.32 Å². The van der Waals surface area contributed by atoms with Crippen molar-refractivity contribution in [1.29, 1.82) is 0 Å². The molecular weight excluding hydrogens is 263 g/mol. The molecule has 0 fully saturated rings. The fraction of sp³-hybridized carbons (Fsp3) is 0. The van der Waals surface area contributed by atoms with Crippen molar-refractivity contribution in [2.75, 3.05) is 5.32 Å². The Morgan fingerprint density at radius 2 is 2.10 bits per heavy atom. The number of aromatic nitrogens is 3. The summed E-state index contributed by atoms with van der Waals surface area (Å²) in [5.41, 5.74) is 1.55. The molecule has 0 aliphatic rings. The molecule has 3 N–H and O–H groups in total. The molecule has 0 saturated heterocycles. The molecule has 0 bridgehead atoms. The summed E-state index contributed by atoms with van der Waals surface area (Å²) < 4.78 is 14.3. The minimum atomic E-state index is -1.20. The van der Waals surface area contributed by atoms with Crippen LogP contribution in [0.4, 0.5) is 15.0 Å². The van der Waals surface area contributed by atoms with Gasteiger partial charge in [-0.15, -0.1) is 0 Å². The maximum Gasteiger partial charge on any atom is 0.410 e. The van der Waals surface area contributed by atoms with E-state index in [1.54, 1.807) is 18.2 Å². The third-order valence-electron chi connectivity index (χ3n) is 2.87. The molecule has 0 spiro atoms. The fourth-order valence-corrected chi connectivity index (χ4v) is 1.94. The quantitative estimate of drug-likeness (QED) is 0.669. The van der Waals surface area contributed by atoms with Crippen LogP contribution in [0.2, 0.25) is 0 Å². The van der Waals surface area contributed by atoms with E-state index >= 15 is 0 Å². The number of nitrogens with one attached hydrogen (secondary N) is 2. The van der Waals surface area contributed by atoms with Gasteiger partial charge in [-0.1, -0.05) is 0 Å². The number of carbonyl (C=O) groups is 1. The van der Waals surface area contributed by atoms with E-state index in [4.69, 9.17) is 5.11 Å².